The van der Waals surface area contributed by atoms with Crippen LogP contribution in [0.4, 0.5) is 0 Å². The molecule has 3 aromatic rings. The van der Waals surface area contributed by atoms with Gasteiger partial charge >= 0.3 is 0 Å². The molecule has 1 atom stereocenters. The number of nitrogens with zero attached hydrogens (tertiary/aromatic N) is 2. The summed E-state index contributed by atoms with van der Waals surface area (Å²) in [5.41, 5.74) is 2.68. The van der Waals surface area contributed by atoms with E-state index in [1.807, 2.05) is 12.1 Å². The van der Waals surface area contributed by atoms with E-state index in [2.05, 4.69) is 56.6 Å². The quantitative estimate of drug-likeness (QED) is 0.612. The maximum atomic E-state index is 5.88. The summed E-state index contributed by atoms with van der Waals surface area (Å²) in [5, 5.41) is 11.9. The highest BCUT2D eigenvalue weighted by atomic mass is 79.9. The fraction of sp³-hybridized carbons (Fsp3) is 0.368. The molecule has 1 aromatic carbocycles. The summed E-state index contributed by atoms with van der Waals surface area (Å²) in [4.78, 5) is 2.59. The number of hydrogen-bond donors (Lipinski definition) is 1. The van der Waals surface area contributed by atoms with E-state index in [0.717, 1.165) is 9.35 Å². The molecule has 0 bridgehead atoms. The molecule has 1 aliphatic carbocycles. The van der Waals surface area contributed by atoms with Crippen LogP contribution in [0.2, 0.25) is 0 Å². The van der Waals surface area contributed by atoms with E-state index in [4.69, 9.17) is 4.42 Å². The Morgan fingerprint density at radius 3 is 2.92 bits per heavy atom. The number of rotatable bonds is 5. The zero-order valence-electron chi connectivity index (χ0n) is 14.1. The number of thiophene rings is 1. The van der Waals surface area contributed by atoms with Crippen molar-refractivity contribution < 1.29 is 4.42 Å². The van der Waals surface area contributed by atoms with Gasteiger partial charge in [0, 0.05) is 15.4 Å². The molecule has 1 unspecified atom stereocenters. The van der Waals surface area contributed by atoms with Crippen LogP contribution < -0.4 is 5.32 Å². The van der Waals surface area contributed by atoms with Crippen molar-refractivity contribution in [3.05, 3.63) is 56.7 Å². The van der Waals surface area contributed by atoms with Gasteiger partial charge in [-0.15, -0.1) is 21.5 Å². The number of aryl methyl sites for hydroxylation is 2. The molecule has 0 fully saturated rings. The van der Waals surface area contributed by atoms with Gasteiger partial charge in [-0.2, -0.15) is 0 Å². The Kier molecular flexibility index (Phi) is 5.01. The standard InChI is InChI=1S/C19H20BrN3OS/c1-12(14-7-3-4-8-15(14)20)21-11-18-22-23-19(24-18)17-10-13-6-2-5-9-16(13)25-17/h3-4,7-8,10,12,21H,2,5-6,9,11H2,1H3. The normalized spacial score (nSPS) is 15.1. The topological polar surface area (TPSA) is 51.0 Å². The lowest BCUT2D eigenvalue weighted by Crippen LogP contribution is -2.18. The maximum Gasteiger partial charge on any atom is 0.257 e. The first kappa shape index (κ1) is 16.9. The second-order valence-electron chi connectivity index (χ2n) is 6.39. The average molecular weight is 418 g/mol. The molecular formula is C19H20BrN3OS. The third-order valence-electron chi connectivity index (χ3n) is 4.61. The van der Waals surface area contributed by atoms with Crippen LogP contribution >= 0.6 is 27.3 Å². The summed E-state index contributed by atoms with van der Waals surface area (Å²) in [7, 11) is 0. The molecule has 0 aliphatic heterocycles. The zero-order chi connectivity index (χ0) is 17.2. The van der Waals surface area contributed by atoms with Gasteiger partial charge in [-0.05, 0) is 55.9 Å². The van der Waals surface area contributed by atoms with Gasteiger partial charge < -0.3 is 9.73 Å². The van der Waals surface area contributed by atoms with E-state index in [0.29, 0.717) is 18.3 Å². The fourth-order valence-corrected chi connectivity index (χ4v) is 5.00. The molecule has 0 saturated heterocycles. The van der Waals surface area contributed by atoms with Gasteiger partial charge in [0.15, 0.2) is 0 Å². The third kappa shape index (κ3) is 3.71. The van der Waals surface area contributed by atoms with Crippen molar-refractivity contribution in [1.29, 1.82) is 0 Å². The van der Waals surface area contributed by atoms with Gasteiger partial charge in [-0.1, -0.05) is 34.1 Å². The lowest BCUT2D eigenvalue weighted by molar-refractivity contribution is 0.454. The summed E-state index contributed by atoms with van der Waals surface area (Å²) < 4.78 is 6.98. The molecule has 2 heterocycles. The second-order valence-corrected chi connectivity index (χ2v) is 8.38. The molecule has 1 aliphatic rings. The lowest BCUT2D eigenvalue weighted by atomic mass is 9.99. The highest BCUT2D eigenvalue weighted by Gasteiger charge is 2.18. The summed E-state index contributed by atoms with van der Waals surface area (Å²) in [6.07, 6.45) is 4.94. The number of benzene rings is 1. The van der Waals surface area contributed by atoms with Crippen molar-refractivity contribution in [2.24, 2.45) is 0 Å². The Morgan fingerprint density at radius 2 is 2.08 bits per heavy atom. The van der Waals surface area contributed by atoms with Gasteiger partial charge in [0.05, 0.1) is 11.4 Å². The van der Waals surface area contributed by atoms with Gasteiger partial charge in [-0.25, -0.2) is 0 Å². The first-order chi connectivity index (χ1) is 12.2. The van der Waals surface area contributed by atoms with Crippen LogP contribution in [-0.4, -0.2) is 10.2 Å². The van der Waals surface area contributed by atoms with Gasteiger partial charge in [-0.3, -0.25) is 0 Å². The molecule has 0 saturated carbocycles. The predicted molar refractivity (Wildman–Crippen MR) is 104 cm³/mol. The lowest BCUT2D eigenvalue weighted by Gasteiger charge is -2.14. The largest absolute Gasteiger partial charge is 0.419 e. The van der Waals surface area contributed by atoms with Crippen molar-refractivity contribution in [2.45, 2.75) is 45.2 Å². The highest BCUT2D eigenvalue weighted by Crippen LogP contribution is 2.35. The molecule has 0 spiro atoms. The van der Waals surface area contributed by atoms with Crippen LogP contribution in [0.3, 0.4) is 0 Å². The molecular weight excluding hydrogens is 398 g/mol. The molecule has 1 N–H and O–H groups in total. The number of nitrogens with one attached hydrogen (secondary N) is 1. The Morgan fingerprint density at radius 1 is 1.24 bits per heavy atom. The minimum Gasteiger partial charge on any atom is -0.419 e. The van der Waals surface area contributed by atoms with Crippen LogP contribution in [-0.2, 0) is 19.4 Å². The summed E-state index contributed by atoms with van der Waals surface area (Å²) in [6.45, 7) is 2.69. The molecule has 4 nitrogen and oxygen atoms in total. The van der Waals surface area contributed by atoms with Crippen molar-refractivity contribution in [3.63, 3.8) is 0 Å². The highest BCUT2D eigenvalue weighted by molar-refractivity contribution is 9.10. The van der Waals surface area contributed by atoms with Crippen molar-refractivity contribution in [3.8, 4) is 10.8 Å². The van der Waals surface area contributed by atoms with Crippen LogP contribution in [0.5, 0.6) is 0 Å². The molecule has 0 radical (unpaired) electrons. The first-order valence-electron chi connectivity index (χ1n) is 8.63. The Hall–Kier alpha value is -1.50. The molecule has 4 rings (SSSR count). The monoisotopic (exact) mass is 417 g/mol. The number of aromatic nitrogens is 2. The summed E-state index contributed by atoms with van der Waals surface area (Å²) >= 11 is 5.40. The third-order valence-corrected chi connectivity index (χ3v) is 6.55. The van der Waals surface area contributed by atoms with Crippen LogP contribution in [0.15, 0.2) is 39.2 Å². The smallest absolute Gasteiger partial charge is 0.257 e. The molecule has 25 heavy (non-hydrogen) atoms. The SMILES string of the molecule is CC(NCc1nnc(-c2cc3c(s2)CCCC3)o1)c1ccccc1Br. The zero-order valence-corrected chi connectivity index (χ0v) is 16.5. The number of fused-ring (bicyclic) bond motifs is 1. The van der Waals surface area contributed by atoms with Crippen LogP contribution in [0.25, 0.3) is 10.8 Å². The Balaban J connectivity index is 1.43. The minimum absolute atomic E-state index is 0.194. The maximum absolute atomic E-state index is 5.88. The predicted octanol–water partition coefficient (Wildman–Crippen LogP) is 5.29. The van der Waals surface area contributed by atoms with Gasteiger partial charge in [0.1, 0.15) is 0 Å². The average Bonchev–Trinajstić information content (AvgIpc) is 3.26. The molecule has 0 amide bonds. The van der Waals surface area contributed by atoms with Gasteiger partial charge in [0.25, 0.3) is 5.89 Å². The van der Waals surface area contributed by atoms with E-state index < -0.39 is 0 Å². The first-order valence-corrected chi connectivity index (χ1v) is 10.2. The van der Waals surface area contributed by atoms with E-state index in [9.17, 15) is 0 Å². The Labute approximate surface area is 159 Å². The van der Waals surface area contributed by atoms with Crippen molar-refractivity contribution in [2.75, 3.05) is 0 Å². The number of hydrogen-bond acceptors (Lipinski definition) is 5. The molecule has 6 heteroatoms. The van der Waals surface area contributed by atoms with E-state index in [1.54, 1.807) is 11.3 Å². The Bertz CT molecular complexity index is 850. The number of halogens is 1. The van der Waals surface area contributed by atoms with Crippen molar-refractivity contribution in [1.82, 2.24) is 15.5 Å². The fourth-order valence-electron chi connectivity index (χ4n) is 3.20. The van der Waals surface area contributed by atoms with E-state index in [-0.39, 0.29) is 6.04 Å². The van der Waals surface area contributed by atoms with E-state index in [1.165, 1.54) is 41.7 Å². The van der Waals surface area contributed by atoms with Crippen LogP contribution in [0, 0.1) is 0 Å². The molecule has 130 valence electrons. The van der Waals surface area contributed by atoms with Crippen LogP contribution in [0.1, 0.15) is 47.7 Å². The van der Waals surface area contributed by atoms with Gasteiger partial charge in [0.2, 0.25) is 5.89 Å². The molecule has 2 aromatic heterocycles. The minimum atomic E-state index is 0.194. The second kappa shape index (κ2) is 7.40. The van der Waals surface area contributed by atoms with E-state index >= 15 is 0 Å². The summed E-state index contributed by atoms with van der Waals surface area (Å²) in [5.74, 6) is 1.27. The summed E-state index contributed by atoms with van der Waals surface area (Å²) in [6, 6.07) is 10.6. The van der Waals surface area contributed by atoms with Crippen molar-refractivity contribution >= 4 is 27.3 Å².